The van der Waals surface area contributed by atoms with Gasteiger partial charge < -0.3 is 10.2 Å². The number of nitrogens with one attached hydrogen (secondary N) is 1. The Kier molecular flexibility index (Phi) is 10.2. The van der Waals surface area contributed by atoms with Crippen LogP contribution >= 0.6 is 23.4 Å². The molecule has 0 aliphatic rings. The highest BCUT2D eigenvalue weighted by molar-refractivity contribution is 7.99. The molecule has 0 bridgehead atoms. The van der Waals surface area contributed by atoms with Crippen molar-refractivity contribution in [1.82, 2.24) is 10.2 Å². The molecule has 0 spiro atoms. The molecule has 0 fully saturated rings. The number of hydrogen-bond acceptors (Lipinski definition) is 3. The Balaban J connectivity index is 2.10. The molecule has 0 aliphatic heterocycles. The van der Waals surface area contributed by atoms with E-state index in [1.165, 1.54) is 23.9 Å². The fourth-order valence-corrected chi connectivity index (χ4v) is 4.11. The van der Waals surface area contributed by atoms with E-state index in [0.29, 0.717) is 23.7 Å². The van der Waals surface area contributed by atoms with Crippen molar-refractivity contribution in [3.05, 3.63) is 70.5 Å². The van der Waals surface area contributed by atoms with Crippen molar-refractivity contribution in [3.8, 4) is 0 Å². The highest BCUT2D eigenvalue weighted by Crippen LogP contribution is 2.19. The molecule has 0 heterocycles. The van der Waals surface area contributed by atoms with Gasteiger partial charge in [0.2, 0.25) is 11.8 Å². The topological polar surface area (TPSA) is 49.4 Å². The minimum Gasteiger partial charge on any atom is -0.354 e. The fraction of sp³-hybridized carbons (Fsp3) is 0.391. The van der Waals surface area contributed by atoms with E-state index in [0.717, 1.165) is 17.5 Å². The molecule has 162 valence electrons. The van der Waals surface area contributed by atoms with E-state index in [2.05, 4.69) is 5.32 Å². The summed E-state index contributed by atoms with van der Waals surface area (Å²) in [5.74, 6) is 0.279. The molecule has 0 saturated heterocycles. The Morgan fingerprint density at radius 2 is 1.87 bits per heavy atom. The first kappa shape index (κ1) is 24.2. The van der Waals surface area contributed by atoms with Gasteiger partial charge in [0.15, 0.2) is 0 Å². The van der Waals surface area contributed by atoms with Crippen LogP contribution in [0.4, 0.5) is 4.39 Å². The van der Waals surface area contributed by atoms with Gasteiger partial charge in [-0.3, -0.25) is 9.59 Å². The molecule has 0 aromatic heterocycles. The van der Waals surface area contributed by atoms with Gasteiger partial charge in [0.1, 0.15) is 11.9 Å². The third kappa shape index (κ3) is 7.65. The van der Waals surface area contributed by atoms with Crippen molar-refractivity contribution in [3.63, 3.8) is 0 Å². The molecule has 0 aliphatic carbocycles. The standard InChI is InChI=1S/C23H28ClFN2O2S/c1-3-12-26-23(29)21(4-2)27(14-17-8-10-20(25)11-9-17)22(28)16-30-15-18-6-5-7-19(24)13-18/h5-11,13,21H,3-4,12,14-16H2,1-2H3,(H,26,29)/t21-/m1/s1. The molecule has 0 saturated carbocycles. The predicted octanol–water partition coefficient (Wildman–Crippen LogP) is 5.05. The molecule has 0 unspecified atom stereocenters. The Morgan fingerprint density at radius 1 is 1.13 bits per heavy atom. The number of nitrogens with zero attached hydrogens (tertiary/aromatic N) is 1. The number of carbonyl (C=O) groups excluding carboxylic acids is 2. The maximum absolute atomic E-state index is 13.3. The van der Waals surface area contributed by atoms with E-state index >= 15 is 0 Å². The van der Waals surface area contributed by atoms with Crippen LogP contribution in [0.15, 0.2) is 48.5 Å². The maximum Gasteiger partial charge on any atom is 0.242 e. The summed E-state index contributed by atoms with van der Waals surface area (Å²) < 4.78 is 13.3. The summed E-state index contributed by atoms with van der Waals surface area (Å²) in [6.07, 6.45) is 1.32. The number of benzene rings is 2. The Labute approximate surface area is 187 Å². The summed E-state index contributed by atoms with van der Waals surface area (Å²) in [5, 5.41) is 3.55. The third-order valence-corrected chi connectivity index (χ3v) is 5.81. The van der Waals surface area contributed by atoms with Crippen molar-refractivity contribution in [2.24, 2.45) is 0 Å². The van der Waals surface area contributed by atoms with Crippen molar-refractivity contribution in [2.75, 3.05) is 12.3 Å². The minimum atomic E-state index is -0.569. The van der Waals surface area contributed by atoms with Crippen molar-refractivity contribution in [1.29, 1.82) is 0 Å². The number of amides is 2. The van der Waals surface area contributed by atoms with Crippen LogP contribution in [0.2, 0.25) is 5.02 Å². The van der Waals surface area contributed by atoms with E-state index in [9.17, 15) is 14.0 Å². The molecule has 0 radical (unpaired) electrons. The largest absolute Gasteiger partial charge is 0.354 e. The summed E-state index contributed by atoms with van der Waals surface area (Å²) in [5.41, 5.74) is 1.82. The van der Waals surface area contributed by atoms with Gasteiger partial charge in [-0.05, 0) is 48.2 Å². The second-order valence-corrected chi connectivity index (χ2v) is 8.41. The van der Waals surface area contributed by atoms with Gasteiger partial charge in [-0.1, -0.05) is 49.7 Å². The zero-order valence-electron chi connectivity index (χ0n) is 17.4. The Bertz CT molecular complexity index is 832. The van der Waals surface area contributed by atoms with E-state index in [-0.39, 0.29) is 29.9 Å². The van der Waals surface area contributed by atoms with Crippen molar-refractivity contribution in [2.45, 2.75) is 45.0 Å². The first-order valence-electron chi connectivity index (χ1n) is 10.1. The van der Waals surface area contributed by atoms with E-state index in [1.54, 1.807) is 17.0 Å². The fourth-order valence-electron chi connectivity index (χ4n) is 3.04. The van der Waals surface area contributed by atoms with Crippen molar-refractivity contribution < 1.29 is 14.0 Å². The van der Waals surface area contributed by atoms with Crippen LogP contribution in [0.5, 0.6) is 0 Å². The second kappa shape index (κ2) is 12.6. The average molecular weight is 451 g/mol. The van der Waals surface area contributed by atoms with Crippen molar-refractivity contribution >= 4 is 35.2 Å². The van der Waals surface area contributed by atoms with Gasteiger partial charge in [-0.25, -0.2) is 4.39 Å². The molecule has 2 rings (SSSR count). The van der Waals surface area contributed by atoms with Gasteiger partial charge in [0.25, 0.3) is 0 Å². The zero-order chi connectivity index (χ0) is 21.9. The SMILES string of the molecule is CCCNC(=O)[C@@H](CC)N(Cc1ccc(F)cc1)C(=O)CSCc1cccc(Cl)c1. The Hall–Kier alpha value is -2.05. The lowest BCUT2D eigenvalue weighted by molar-refractivity contribution is -0.139. The van der Waals surface area contributed by atoms with Crippen LogP contribution in [0.1, 0.15) is 37.8 Å². The Morgan fingerprint density at radius 3 is 2.50 bits per heavy atom. The molecule has 1 atom stereocenters. The molecule has 4 nitrogen and oxygen atoms in total. The van der Waals surface area contributed by atoms with Gasteiger partial charge in [-0.15, -0.1) is 11.8 Å². The van der Waals surface area contributed by atoms with Crippen LogP contribution in [0.25, 0.3) is 0 Å². The molecule has 2 aromatic rings. The van der Waals surface area contributed by atoms with Crippen LogP contribution < -0.4 is 5.32 Å². The quantitative estimate of drug-likeness (QED) is 0.521. The van der Waals surface area contributed by atoms with Crippen LogP contribution in [-0.4, -0.2) is 35.1 Å². The zero-order valence-corrected chi connectivity index (χ0v) is 18.9. The second-order valence-electron chi connectivity index (χ2n) is 6.99. The predicted molar refractivity (Wildman–Crippen MR) is 122 cm³/mol. The highest BCUT2D eigenvalue weighted by atomic mass is 35.5. The minimum absolute atomic E-state index is 0.121. The number of hydrogen-bond donors (Lipinski definition) is 1. The van der Waals surface area contributed by atoms with Gasteiger partial charge >= 0.3 is 0 Å². The number of halogens is 2. The first-order valence-corrected chi connectivity index (χ1v) is 11.6. The lowest BCUT2D eigenvalue weighted by Gasteiger charge is -2.30. The van der Waals surface area contributed by atoms with Gasteiger partial charge in [-0.2, -0.15) is 0 Å². The lowest BCUT2D eigenvalue weighted by Crippen LogP contribution is -2.49. The number of carbonyl (C=O) groups is 2. The molecular formula is C23H28ClFN2O2S. The molecule has 7 heteroatoms. The summed E-state index contributed by atoms with van der Waals surface area (Å²) in [4.78, 5) is 27.3. The normalized spacial score (nSPS) is 11.7. The number of rotatable bonds is 11. The highest BCUT2D eigenvalue weighted by Gasteiger charge is 2.28. The molecule has 2 amide bonds. The average Bonchev–Trinajstić information content (AvgIpc) is 2.73. The van der Waals surface area contributed by atoms with Crippen LogP contribution in [0.3, 0.4) is 0 Å². The molecule has 30 heavy (non-hydrogen) atoms. The van der Waals surface area contributed by atoms with E-state index < -0.39 is 6.04 Å². The summed E-state index contributed by atoms with van der Waals surface area (Å²) in [6, 6.07) is 13.0. The first-order chi connectivity index (χ1) is 14.4. The lowest BCUT2D eigenvalue weighted by atomic mass is 10.1. The van der Waals surface area contributed by atoms with Crippen LogP contribution in [-0.2, 0) is 21.9 Å². The monoisotopic (exact) mass is 450 g/mol. The summed E-state index contributed by atoms with van der Waals surface area (Å²) in [6.45, 7) is 4.70. The van der Waals surface area contributed by atoms with Gasteiger partial charge in [0.05, 0.1) is 5.75 Å². The van der Waals surface area contributed by atoms with E-state index in [1.807, 2.05) is 38.1 Å². The van der Waals surface area contributed by atoms with Gasteiger partial charge in [0, 0.05) is 23.9 Å². The maximum atomic E-state index is 13.3. The molecule has 2 aromatic carbocycles. The smallest absolute Gasteiger partial charge is 0.242 e. The summed E-state index contributed by atoms with van der Waals surface area (Å²) in [7, 11) is 0. The summed E-state index contributed by atoms with van der Waals surface area (Å²) >= 11 is 7.50. The van der Waals surface area contributed by atoms with E-state index in [4.69, 9.17) is 11.6 Å². The molecule has 1 N–H and O–H groups in total. The number of thioether (sulfide) groups is 1. The molecular weight excluding hydrogens is 423 g/mol. The third-order valence-electron chi connectivity index (χ3n) is 4.58. The van der Waals surface area contributed by atoms with Crippen LogP contribution in [0, 0.1) is 5.82 Å².